The SMILES string of the molecule is Cc1ccc(C)c(-c2nc(-c3cc(C)ccc3C)nc(-c3ccc(O)cc3O)n2)c1. The van der Waals surface area contributed by atoms with Crippen molar-refractivity contribution in [2.75, 3.05) is 0 Å². The zero-order chi connectivity index (χ0) is 21.4. The van der Waals surface area contributed by atoms with Crippen LogP contribution in [0.5, 0.6) is 11.5 Å². The van der Waals surface area contributed by atoms with Crippen molar-refractivity contribution in [2.45, 2.75) is 27.7 Å². The first-order valence-electron chi connectivity index (χ1n) is 9.75. The van der Waals surface area contributed by atoms with E-state index in [4.69, 9.17) is 4.98 Å². The van der Waals surface area contributed by atoms with Crippen molar-refractivity contribution >= 4 is 0 Å². The Labute approximate surface area is 175 Å². The average Bonchev–Trinajstić information content (AvgIpc) is 2.71. The fourth-order valence-corrected chi connectivity index (χ4v) is 3.40. The van der Waals surface area contributed by atoms with Crippen molar-refractivity contribution in [1.29, 1.82) is 0 Å². The number of hydrogen-bond acceptors (Lipinski definition) is 5. The van der Waals surface area contributed by atoms with Crippen molar-refractivity contribution in [3.63, 3.8) is 0 Å². The summed E-state index contributed by atoms with van der Waals surface area (Å²) >= 11 is 0. The molecule has 0 saturated carbocycles. The van der Waals surface area contributed by atoms with Crippen molar-refractivity contribution in [1.82, 2.24) is 15.0 Å². The Morgan fingerprint density at radius 1 is 0.533 bits per heavy atom. The summed E-state index contributed by atoms with van der Waals surface area (Å²) in [4.78, 5) is 14.2. The quantitative estimate of drug-likeness (QED) is 0.476. The van der Waals surface area contributed by atoms with Gasteiger partial charge in [0.2, 0.25) is 0 Å². The van der Waals surface area contributed by atoms with Gasteiger partial charge < -0.3 is 10.2 Å². The monoisotopic (exact) mass is 397 g/mol. The summed E-state index contributed by atoms with van der Waals surface area (Å²) in [5, 5.41) is 20.1. The van der Waals surface area contributed by atoms with Gasteiger partial charge in [0.05, 0.1) is 5.56 Å². The van der Waals surface area contributed by atoms with E-state index in [2.05, 4.69) is 34.2 Å². The molecule has 3 aromatic carbocycles. The summed E-state index contributed by atoms with van der Waals surface area (Å²) in [6.07, 6.45) is 0. The molecule has 1 heterocycles. The van der Waals surface area contributed by atoms with Crippen LogP contribution in [-0.2, 0) is 0 Å². The van der Waals surface area contributed by atoms with Gasteiger partial charge in [-0.2, -0.15) is 0 Å². The normalized spacial score (nSPS) is 10.9. The lowest BCUT2D eigenvalue weighted by Crippen LogP contribution is -2.02. The number of hydrogen-bond donors (Lipinski definition) is 2. The molecule has 0 radical (unpaired) electrons. The van der Waals surface area contributed by atoms with Crippen molar-refractivity contribution in [2.24, 2.45) is 0 Å². The molecule has 0 bridgehead atoms. The van der Waals surface area contributed by atoms with Crippen molar-refractivity contribution in [3.05, 3.63) is 76.9 Å². The van der Waals surface area contributed by atoms with E-state index in [0.29, 0.717) is 23.0 Å². The number of aryl methyl sites for hydroxylation is 4. The summed E-state index contributed by atoms with van der Waals surface area (Å²) < 4.78 is 0. The topological polar surface area (TPSA) is 79.1 Å². The van der Waals surface area contributed by atoms with Gasteiger partial charge in [-0.3, -0.25) is 0 Å². The Balaban J connectivity index is 2.01. The molecule has 0 aliphatic rings. The van der Waals surface area contributed by atoms with Gasteiger partial charge in [-0.25, -0.2) is 15.0 Å². The van der Waals surface area contributed by atoms with Crippen LogP contribution in [0.2, 0.25) is 0 Å². The fourth-order valence-electron chi connectivity index (χ4n) is 3.40. The lowest BCUT2D eigenvalue weighted by Gasteiger charge is -2.12. The summed E-state index contributed by atoms with van der Waals surface area (Å²) in [6.45, 7) is 8.10. The van der Waals surface area contributed by atoms with Crippen LogP contribution < -0.4 is 0 Å². The average molecular weight is 397 g/mol. The largest absolute Gasteiger partial charge is 0.508 e. The van der Waals surface area contributed by atoms with E-state index in [1.54, 1.807) is 6.07 Å². The molecule has 0 fully saturated rings. The van der Waals surface area contributed by atoms with Gasteiger partial charge in [-0.15, -0.1) is 0 Å². The van der Waals surface area contributed by atoms with Crippen LogP contribution in [0.3, 0.4) is 0 Å². The molecule has 0 amide bonds. The van der Waals surface area contributed by atoms with Crippen molar-refractivity contribution < 1.29 is 10.2 Å². The highest BCUT2D eigenvalue weighted by Crippen LogP contribution is 2.33. The lowest BCUT2D eigenvalue weighted by atomic mass is 10.0. The summed E-state index contributed by atoms with van der Waals surface area (Å²) in [5.41, 5.74) is 6.61. The number of nitrogens with zero attached hydrogens (tertiary/aromatic N) is 3. The first kappa shape index (κ1) is 19.6. The molecular weight excluding hydrogens is 374 g/mol. The van der Waals surface area contributed by atoms with Gasteiger partial charge in [-0.05, 0) is 63.1 Å². The third-order valence-corrected chi connectivity index (χ3v) is 5.13. The molecule has 5 heteroatoms. The summed E-state index contributed by atoms with van der Waals surface area (Å²) in [7, 11) is 0. The molecule has 0 saturated heterocycles. The molecule has 0 aliphatic heterocycles. The van der Waals surface area contributed by atoms with E-state index in [0.717, 1.165) is 33.4 Å². The smallest absolute Gasteiger partial charge is 0.167 e. The van der Waals surface area contributed by atoms with Gasteiger partial charge in [0.25, 0.3) is 0 Å². The Hall–Kier alpha value is -3.73. The minimum Gasteiger partial charge on any atom is -0.508 e. The Kier molecular flexibility index (Phi) is 4.96. The van der Waals surface area contributed by atoms with Crippen LogP contribution in [0.1, 0.15) is 22.3 Å². The Morgan fingerprint density at radius 2 is 1.00 bits per heavy atom. The van der Waals surface area contributed by atoms with Gasteiger partial charge >= 0.3 is 0 Å². The maximum Gasteiger partial charge on any atom is 0.167 e. The number of aromatic hydroxyl groups is 2. The number of phenols is 2. The van der Waals surface area contributed by atoms with E-state index in [9.17, 15) is 10.2 Å². The summed E-state index contributed by atoms with van der Waals surface area (Å²) in [5.74, 6) is 1.35. The van der Waals surface area contributed by atoms with Gasteiger partial charge in [-0.1, -0.05) is 35.4 Å². The zero-order valence-corrected chi connectivity index (χ0v) is 17.4. The highest BCUT2D eigenvalue weighted by atomic mass is 16.3. The molecular formula is C25H23N3O2. The van der Waals surface area contributed by atoms with E-state index < -0.39 is 0 Å². The van der Waals surface area contributed by atoms with Crippen LogP contribution in [0.4, 0.5) is 0 Å². The van der Waals surface area contributed by atoms with Crippen LogP contribution in [-0.4, -0.2) is 25.2 Å². The molecule has 150 valence electrons. The maximum atomic E-state index is 10.4. The van der Waals surface area contributed by atoms with Gasteiger partial charge in [0.15, 0.2) is 17.5 Å². The van der Waals surface area contributed by atoms with Crippen LogP contribution in [0, 0.1) is 27.7 Å². The molecule has 5 nitrogen and oxygen atoms in total. The molecule has 2 N–H and O–H groups in total. The second-order valence-electron chi connectivity index (χ2n) is 7.64. The molecule has 4 aromatic rings. The second kappa shape index (κ2) is 7.59. The molecule has 30 heavy (non-hydrogen) atoms. The van der Waals surface area contributed by atoms with E-state index >= 15 is 0 Å². The number of rotatable bonds is 3. The standard InChI is InChI=1S/C25H23N3O2/c1-14-5-7-16(3)20(11-14)24-26-23(19-10-9-18(29)13-22(19)30)27-25(28-24)21-12-15(2)6-8-17(21)4/h5-13,29-30H,1-4H3. The Bertz CT molecular complexity index is 1200. The number of benzene rings is 3. The minimum atomic E-state index is -0.0833. The van der Waals surface area contributed by atoms with Crippen LogP contribution >= 0.6 is 0 Å². The minimum absolute atomic E-state index is 0.0187. The summed E-state index contributed by atoms with van der Waals surface area (Å²) in [6, 6.07) is 16.7. The third kappa shape index (κ3) is 3.74. The first-order valence-corrected chi connectivity index (χ1v) is 9.75. The predicted molar refractivity (Wildman–Crippen MR) is 118 cm³/mol. The predicted octanol–water partition coefficient (Wildman–Crippen LogP) is 5.52. The zero-order valence-electron chi connectivity index (χ0n) is 17.4. The Morgan fingerprint density at radius 3 is 1.47 bits per heavy atom. The fraction of sp³-hybridized carbons (Fsp3) is 0.160. The highest BCUT2D eigenvalue weighted by molar-refractivity contribution is 5.72. The highest BCUT2D eigenvalue weighted by Gasteiger charge is 2.17. The van der Waals surface area contributed by atoms with E-state index in [-0.39, 0.29) is 11.5 Å². The number of aromatic nitrogens is 3. The molecule has 0 spiro atoms. The van der Waals surface area contributed by atoms with E-state index in [1.165, 1.54) is 12.1 Å². The second-order valence-corrected chi connectivity index (χ2v) is 7.64. The molecule has 0 unspecified atom stereocenters. The lowest BCUT2D eigenvalue weighted by molar-refractivity contribution is 0.451. The third-order valence-electron chi connectivity index (χ3n) is 5.13. The molecule has 1 aromatic heterocycles. The first-order chi connectivity index (χ1) is 14.3. The molecule has 0 atom stereocenters. The van der Waals surface area contributed by atoms with Crippen molar-refractivity contribution in [3.8, 4) is 45.7 Å². The van der Waals surface area contributed by atoms with E-state index in [1.807, 2.05) is 39.8 Å². The molecule has 0 aliphatic carbocycles. The van der Waals surface area contributed by atoms with Gasteiger partial charge in [0.1, 0.15) is 11.5 Å². The molecule has 4 rings (SSSR count). The maximum absolute atomic E-state index is 10.4. The van der Waals surface area contributed by atoms with Crippen LogP contribution in [0.15, 0.2) is 54.6 Å². The number of phenolic OH excluding ortho intramolecular Hbond substituents is 2. The van der Waals surface area contributed by atoms with Crippen LogP contribution in [0.25, 0.3) is 34.2 Å². The van der Waals surface area contributed by atoms with Gasteiger partial charge in [0, 0.05) is 17.2 Å².